The van der Waals surface area contributed by atoms with Crippen LogP contribution in [0.3, 0.4) is 0 Å². The largest absolute Gasteiger partial charge is 0.493 e. The molecule has 0 spiro atoms. The van der Waals surface area contributed by atoms with Crippen LogP contribution in [0.25, 0.3) is 0 Å². The summed E-state index contributed by atoms with van der Waals surface area (Å²) in [5.74, 6) is 0.668. The number of aryl methyl sites for hydroxylation is 1. The van der Waals surface area contributed by atoms with Gasteiger partial charge in [-0.15, -0.1) is 0 Å². The molecule has 0 unspecified atom stereocenters. The zero-order chi connectivity index (χ0) is 15.2. The van der Waals surface area contributed by atoms with E-state index >= 15 is 0 Å². The van der Waals surface area contributed by atoms with E-state index in [0.29, 0.717) is 18.8 Å². The predicted octanol–water partition coefficient (Wildman–Crippen LogP) is 3.36. The van der Waals surface area contributed by atoms with Gasteiger partial charge in [0.2, 0.25) is 0 Å². The molecule has 0 fully saturated rings. The normalized spacial score (nSPS) is 13.3. The summed E-state index contributed by atoms with van der Waals surface area (Å²) in [7, 11) is 0. The van der Waals surface area contributed by atoms with Gasteiger partial charge in [-0.1, -0.05) is 17.7 Å². The highest BCUT2D eigenvalue weighted by Gasteiger charge is 2.27. The van der Waals surface area contributed by atoms with Gasteiger partial charge in [0.25, 0.3) is 0 Å². The first kappa shape index (κ1) is 16.8. The van der Waals surface area contributed by atoms with Crippen molar-refractivity contribution in [2.75, 3.05) is 19.8 Å². The number of halogens is 3. The average molecular weight is 291 g/mol. The minimum Gasteiger partial charge on any atom is -0.493 e. The number of ether oxygens (including phenoxy) is 2. The fourth-order valence-corrected chi connectivity index (χ4v) is 1.69. The molecule has 2 N–H and O–H groups in total. The van der Waals surface area contributed by atoms with Gasteiger partial charge in [-0.3, -0.25) is 0 Å². The van der Waals surface area contributed by atoms with Crippen molar-refractivity contribution in [3.8, 4) is 5.75 Å². The van der Waals surface area contributed by atoms with Crippen molar-refractivity contribution in [3.05, 3.63) is 29.3 Å². The second kappa shape index (κ2) is 7.50. The van der Waals surface area contributed by atoms with Crippen LogP contribution in [0, 0.1) is 6.92 Å². The van der Waals surface area contributed by atoms with Crippen LogP contribution in [0.1, 0.15) is 30.5 Å². The van der Waals surface area contributed by atoms with E-state index in [0.717, 1.165) is 11.1 Å². The van der Waals surface area contributed by atoms with Crippen LogP contribution >= 0.6 is 0 Å². The van der Waals surface area contributed by atoms with Crippen molar-refractivity contribution < 1.29 is 22.6 Å². The fourth-order valence-electron chi connectivity index (χ4n) is 1.69. The van der Waals surface area contributed by atoms with Crippen molar-refractivity contribution in [1.82, 2.24) is 0 Å². The summed E-state index contributed by atoms with van der Waals surface area (Å²) in [6, 6.07) is 5.51. The second-order valence-electron chi connectivity index (χ2n) is 4.70. The van der Waals surface area contributed by atoms with Gasteiger partial charge in [0.15, 0.2) is 0 Å². The van der Waals surface area contributed by atoms with Crippen LogP contribution in [-0.2, 0) is 4.74 Å². The van der Waals surface area contributed by atoms with Crippen LogP contribution in [0.4, 0.5) is 13.2 Å². The van der Waals surface area contributed by atoms with Crippen LogP contribution < -0.4 is 10.5 Å². The molecule has 0 amide bonds. The summed E-state index contributed by atoms with van der Waals surface area (Å²) in [6.07, 6.45) is -3.89. The first-order chi connectivity index (χ1) is 9.29. The average Bonchev–Trinajstić information content (AvgIpc) is 2.33. The number of alkyl halides is 3. The summed E-state index contributed by atoms with van der Waals surface area (Å²) < 4.78 is 45.6. The van der Waals surface area contributed by atoms with Crippen LogP contribution in [-0.4, -0.2) is 26.0 Å². The monoisotopic (exact) mass is 291 g/mol. The summed E-state index contributed by atoms with van der Waals surface area (Å²) in [6.45, 7) is 2.90. The summed E-state index contributed by atoms with van der Waals surface area (Å²) in [5.41, 5.74) is 7.83. The van der Waals surface area contributed by atoms with Crippen LogP contribution in [0.15, 0.2) is 18.2 Å². The van der Waals surface area contributed by atoms with Gasteiger partial charge in [-0.05, 0) is 19.9 Å². The van der Waals surface area contributed by atoms with E-state index in [4.69, 9.17) is 10.5 Å². The zero-order valence-electron chi connectivity index (χ0n) is 11.7. The molecule has 0 saturated heterocycles. The van der Waals surface area contributed by atoms with Crippen LogP contribution in [0.2, 0.25) is 0 Å². The van der Waals surface area contributed by atoms with Gasteiger partial charge in [0.1, 0.15) is 12.4 Å². The molecule has 0 heterocycles. The predicted molar refractivity (Wildman–Crippen MR) is 70.8 cm³/mol. The third kappa shape index (κ3) is 6.25. The maximum atomic E-state index is 11.8. The van der Waals surface area contributed by atoms with Gasteiger partial charge >= 0.3 is 6.18 Å². The van der Waals surface area contributed by atoms with Crippen molar-refractivity contribution in [2.45, 2.75) is 32.5 Å². The standard InChI is InChI=1S/C14H20F3NO2/c1-10-4-5-13(12(8-10)11(2)18)20-7-3-6-19-9-14(15,16)17/h4-5,8,11H,3,6-7,9,18H2,1-2H3/t11-/m0/s1. The Hall–Kier alpha value is -1.27. The van der Waals surface area contributed by atoms with Gasteiger partial charge in [-0.2, -0.15) is 13.2 Å². The highest BCUT2D eigenvalue weighted by molar-refractivity contribution is 5.38. The number of hydrogen-bond acceptors (Lipinski definition) is 3. The summed E-state index contributed by atoms with van der Waals surface area (Å²) in [5, 5.41) is 0. The van der Waals surface area contributed by atoms with Crippen molar-refractivity contribution in [2.24, 2.45) is 5.73 Å². The molecule has 20 heavy (non-hydrogen) atoms. The first-order valence-electron chi connectivity index (χ1n) is 6.43. The minimum atomic E-state index is -4.28. The molecule has 1 atom stereocenters. The quantitative estimate of drug-likeness (QED) is 0.783. The molecule has 114 valence electrons. The Morgan fingerprint density at radius 1 is 1.25 bits per heavy atom. The van der Waals surface area contributed by atoms with Gasteiger partial charge < -0.3 is 15.2 Å². The lowest BCUT2D eigenvalue weighted by Crippen LogP contribution is -2.18. The van der Waals surface area contributed by atoms with E-state index in [-0.39, 0.29) is 12.6 Å². The highest BCUT2D eigenvalue weighted by atomic mass is 19.4. The molecule has 6 heteroatoms. The molecule has 0 saturated carbocycles. The van der Waals surface area contributed by atoms with E-state index in [1.54, 1.807) is 0 Å². The van der Waals surface area contributed by atoms with E-state index in [2.05, 4.69) is 4.74 Å². The SMILES string of the molecule is Cc1ccc(OCCCOCC(F)(F)F)c([C@H](C)N)c1. The molecule has 1 aromatic rings. The second-order valence-corrected chi connectivity index (χ2v) is 4.70. The molecule has 3 nitrogen and oxygen atoms in total. The Balaban J connectivity index is 2.35. The third-order valence-electron chi connectivity index (χ3n) is 2.61. The van der Waals surface area contributed by atoms with Gasteiger partial charge in [-0.25, -0.2) is 0 Å². The minimum absolute atomic E-state index is 0.0128. The Bertz CT molecular complexity index is 419. The molecule has 0 bridgehead atoms. The van der Waals surface area contributed by atoms with Gasteiger partial charge in [0.05, 0.1) is 13.2 Å². The van der Waals surface area contributed by atoms with Crippen molar-refractivity contribution in [1.29, 1.82) is 0 Å². The molecular weight excluding hydrogens is 271 g/mol. The lowest BCUT2D eigenvalue weighted by atomic mass is 10.1. The van der Waals surface area contributed by atoms with Crippen molar-refractivity contribution >= 4 is 0 Å². The molecular formula is C14H20F3NO2. The molecule has 0 aliphatic rings. The summed E-state index contributed by atoms with van der Waals surface area (Å²) >= 11 is 0. The molecule has 1 aromatic carbocycles. The third-order valence-corrected chi connectivity index (χ3v) is 2.61. The Labute approximate surface area is 116 Å². The lowest BCUT2D eigenvalue weighted by molar-refractivity contribution is -0.174. The number of hydrogen-bond donors (Lipinski definition) is 1. The molecule has 1 rings (SSSR count). The Morgan fingerprint density at radius 2 is 1.95 bits per heavy atom. The Kier molecular flexibility index (Phi) is 6.29. The highest BCUT2D eigenvalue weighted by Crippen LogP contribution is 2.25. The smallest absolute Gasteiger partial charge is 0.411 e. The molecule has 0 aliphatic heterocycles. The van der Waals surface area contributed by atoms with E-state index in [1.807, 2.05) is 32.0 Å². The Morgan fingerprint density at radius 3 is 2.55 bits per heavy atom. The number of benzene rings is 1. The fraction of sp³-hybridized carbons (Fsp3) is 0.571. The maximum Gasteiger partial charge on any atom is 0.411 e. The van der Waals surface area contributed by atoms with Gasteiger partial charge in [0, 0.05) is 18.0 Å². The zero-order valence-corrected chi connectivity index (χ0v) is 11.7. The molecule has 0 aromatic heterocycles. The molecule has 0 aliphatic carbocycles. The summed E-state index contributed by atoms with van der Waals surface area (Å²) in [4.78, 5) is 0. The van der Waals surface area contributed by atoms with E-state index < -0.39 is 12.8 Å². The first-order valence-corrected chi connectivity index (χ1v) is 6.43. The van der Waals surface area contributed by atoms with Crippen molar-refractivity contribution in [3.63, 3.8) is 0 Å². The topological polar surface area (TPSA) is 44.5 Å². The number of rotatable bonds is 7. The maximum absolute atomic E-state index is 11.8. The number of nitrogens with two attached hydrogens (primary N) is 1. The lowest BCUT2D eigenvalue weighted by Gasteiger charge is -2.15. The van der Waals surface area contributed by atoms with E-state index in [1.165, 1.54) is 0 Å². The van der Waals surface area contributed by atoms with Crippen LogP contribution in [0.5, 0.6) is 5.75 Å². The molecule has 0 radical (unpaired) electrons. The van der Waals surface area contributed by atoms with E-state index in [9.17, 15) is 13.2 Å².